The lowest BCUT2D eigenvalue weighted by Gasteiger charge is -2.05. The number of hydrazone groups is 1. The molecule has 0 saturated heterocycles. The zero-order chi connectivity index (χ0) is 22.4. The van der Waals surface area contributed by atoms with Crippen LogP contribution in [0.15, 0.2) is 58.4 Å². The number of carbonyl (C=O) groups excluding carboxylic acids is 1. The van der Waals surface area contributed by atoms with Crippen LogP contribution < -0.4 is 15.0 Å². The van der Waals surface area contributed by atoms with Crippen molar-refractivity contribution in [1.82, 2.24) is 9.99 Å². The number of phenolic OH excluding ortho intramolecular Hbond substituents is 1. The third-order valence-electron chi connectivity index (χ3n) is 3.95. The van der Waals surface area contributed by atoms with Crippen molar-refractivity contribution in [2.45, 2.75) is 6.54 Å². The first kappa shape index (κ1) is 22.1. The Morgan fingerprint density at radius 1 is 1.23 bits per heavy atom. The Morgan fingerprint density at radius 2 is 1.97 bits per heavy atom. The summed E-state index contributed by atoms with van der Waals surface area (Å²) in [6.45, 7) is -0.205. The minimum absolute atomic E-state index is 0.0822. The Bertz CT molecular complexity index is 1190. The van der Waals surface area contributed by atoms with E-state index in [4.69, 9.17) is 21.4 Å². The second-order valence-electron chi connectivity index (χ2n) is 6.19. The van der Waals surface area contributed by atoms with Crippen LogP contribution in [0.2, 0.25) is 5.15 Å². The number of amides is 1. The first-order valence-electron chi connectivity index (χ1n) is 8.78. The number of rotatable bonds is 8. The maximum Gasteiger partial charge on any atom is 0.335 e. The highest BCUT2D eigenvalue weighted by atomic mass is 35.5. The number of nitrogens with one attached hydrogen (secondary N) is 1. The van der Waals surface area contributed by atoms with Gasteiger partial charge in [0.25, 0.3) is 5.91 Å². The summed E-state index contributed by atoms with van der Waals surface area (Å²) in [6, 6.07) is 12.1. The number of carboxylic acid groups (broad SMARTS) is 1. The Labute approximate surface area is 184 Å². The first-order chi connectivity index (χ1) is 14.8. The molecular weight excluding hydrogens is 446 g/mol. The molecule has 0 aliphatic heterocycles. The summed E-state index contributed by atoms with van der Waals surface area (Å²) in [5.74, 6) is -1.11. The number of carbonyl (C=O) groups is 2. The van der Waals surface area contributed by atoms with Crippen molar-refractivity contribution in [3.8, 4) is 11.5 Å². The molecule has 0 aliphatic rings. The van der Waals surface area contributed by atoms with E-state index in [1.54, 1.807) is 12.1 Å². The van der Waals surface area contributed by atoms with Crippen LogP contribution in [0.3, 0.4) is 0 Å². The van der Waals surface area contributed by atoms with Crippen molar-refractivity contribution in [3.63, 3.8) is 0 Å². The molecule has 3 N–H and O–H groups in total. The lowest BCUT2D eigenvalue weighted by atomic mass is 10.1. The number of nitrogens with zero attached hydrogens (tertiary/aromatic N) is 2. The fraction of sp³-hybridized carbons (Fsp3) is 0.100. The number of ether oxygens (including phenoxy) is 1. The topological polar surface area (TPSA) is 130 Å². The summed E-state index contributed by atoms with van der Waals surface area (Å²) in [5.41, 5.74) is 2.98. The van der Waals surface area contributed by atoms with Gasteiger partial charge in [0.1, 0.15) is 16.7 Å². The van der Waals surface area contributed by atoms with Crippen LogP contribution in [0, 0.1) is 0 Å². The van der Waals surface area contributed by atoms with Crippen LogP contribution in [0.1, 0.15) is 20.8 Å². The molecule has 1 heterocycles. The van der Waals surface area contributed by atoms with Crippen LogP contribution in [-0.4, -0.2) is 39.5 Å². The molecule has 160 valence electrons. The molecule has 0 radical (unpaired) electrons. The molecule has 0 saturated carbocycles. The fourth-order valence-electron chi connectivity index (χ4n) is 2.49. The number of aromatic hydroxyl groups is 1. The number of halogens is 1. The van der Waals surface area contributed by atoms with E-state index in [0.29, 0.717) is 16.2 Å². The molecular formula is C20H16ClN3O6S. The van der Waals surface area contributed by atoms with Gasteiger partial charge in [-0.15, -0.1) is 0 Å². The number of hydrogen-bond acceptors (Lipinski definition) is 7. The minimum Gasteiger partial charge on any atom is -0.508 e. The van der Waals surface area contributed by atoms with Gasteiger partial charge in [-0.25, -0.2) is 10.2 Å². The van der Waals surface area contributed by atoms with E-state index in [9.17, 15) is 19.5 Å². The van der Waals surface area contributed by atoms with Gasteiger partial charge in [0, 0.05) is 0 Å². The second kappa shape index (κ2) is 9.92. The average Bonchev–Trinajstić information content (AvgIpc) is 3.01. The number of aromatic carboxylic acids is 1. The van der Waals surface area contributed by atoms with E-state index in [1.165, 1.54) is 47.2 Å². The van der Waals surface area contributed by atoms with E-state index in [1.807, 2.05) is 0 Å². The van der Waals surface area contributed by atoms with Gasteiger partial charge < -0.3 is 14.9 Å². The summed E-state index contributed by atoms with van der Waals surface area (Å²) in [5, 5.41) is 22.2. The van der Waals surface area contributed by atoms with Crippen LogP contribution in [0.4, 0.5) is 0 Å². The van der Waals surface area contributed by atoms with Crippen LogP contribution >= 0.6 is 22.9 Å². The van der Waals surface area contributed by atoms with Crippen LogP contribution in [0.5, 0.6) is 11.5 Å². The van der Waals surface area contributed by atoms with Crippen molar-refractivity contribution < 1.29 is 24.5 Å². The molecule has 3 rings (SSSR count). The van der Waals surface area contributed by atoms with Gasteiger partial charge in [0.05, 0.1) is 23.2 Å². The summed E-state index contributed by atoms with van der Waals surface area (Å²) in [4.78, 5) is 35.1. The third kappa shape index (κ3) is 5.93. The van der Waals surface area contributed by atoms with Gasteiger partial charge in [-0.1, -0.05) is 35.1 Å². The van der Waals surface area contributed by atoms with Gasteiger partial charge in [-0.2, -0.15) is 5.10 Å². The standard InChI is InChI=1S/C20H16ClN3O6S/c21-18-16(9-22-23-17(26)11-30-15-6-4-14(25)5-7-15)31-20(29)24(18)10-12-2-1-3-13(8-12)19(27)28/h1-9,25H,10-11H2,(H,23,26)(H,27,28)/b22-9+. The van der Waals surface area contributed by atoms with E-state index in [0.717, 1.165) is 11.3 Å². The first-order valence-corrected chi connectivity index (χ1v) is 9.98. The molecule has 0 spiro atoms. The van der Waals surface area contributed by atoms with Crippen molar-refractivity contribution >= 4 is 41.0 Å². The summed E-state index contributed by atoms with van der Waals surface area (Å²) in [6.07, 6.45) is 1.25. The quantitative estimate of drug-likeness (QED) is 0.349. The molecule has 31 heavy (non-hydrogen) atoms. The van der Waals surface area contributed by atoms with Gasteiger partial charge in [0.15, 0.2) is 6.61 Å². The van der Waals surface area contributed by atoms with Crippen LogP contribution in [-0.2, 0) is 11.3 Å². The zero-order valence-corrected chi connectivity index (χ0v) is 17.4. The number of thiazole rings is 1. The molecule has 9 nitrogen and oxygen atoms in total. The Morgan fingerprint density at radius 3 is 2.68 bits per heavy atom. The molecule has 1 amide bonds. The molecule has 3 aromatic rings. The number of aromatic nitrogens is 1. The zero-order valence-electron chi connectivity index (χ0n) is 15.8. The number of benzene rings is 2. The van der Waals surface area contributed by atoms with Crippen molar-refractivity contribution in [2.75, 3.05) is 6.61 Å². The van der Waals surface area contributed by atoms with Crippen molar-refractivity contribution in [2.24, 2.45) is 5.10 Å². The van der Waals surface area contributed by atoms with Crippen molar-refractivity contribution in [3.05, 3.63) is 79.4 Å². The van der Waals surface area contributed by atoms with Gasteiger partial charge >= 0.3 is 10.8 Å². The molecule has 0 atom stereocenters. The second-order valence-corrected chi connectivity index (χ2v) is 7.54. The predicted octanol–water partition coefficient (Wildman–Crippen LogP) is 2.54. The predicted molar refractivity (Wildman–Crippen MR) is 115 cm³/mol. The molecule has 0 bridgehead atoms. The summed E-state index contributed by atoms with van der Waals surface area (Å²) < 4.78 is 6.53. The smallest absolute Gasteiger partial charge is 0.335 e. The highest BCUT2D eigenvalue weighted by Gasteiger charge is 2.13. The average molecular weight is 462 g/mol. The number of hydrogen-bond donors (Lipinski definition) is 3. The van der Waals surface area contributed by atoms with E-state index in [-0.39, 0.29) is 34.5 Å². The molecule has 0 fully saturated rings. The van der Waals surface area contributed by atoms with Gasteiger partial charge in [0.2, 0.25) is 0 Å². The normalized spacial score (nSPS) is 10.9. The highest BCUT2D eigenvalue weighted by molar-refractivity contribution is 7.11. The Hall–Kier alpha value is -3.63. The molecule has 11 heteroatoms. The fourth-order valence-corrected chi connectivity index (χ4v) is 3.59. The minimum atomic E-state index is -1.07. The largest absolute Gasteiger partial charge is 0.508 e. The maximum absolute atomic E-state index is 12.3. The maximum atomic E-state index is 12.3. The van der Waals surface area contributed by atoms with Gasteiger partial charge in [-0.05, 0) is 42.0 Å². The van der Waals surface area contributed by atoms with E-state index < -0.39 is 11.9 Å². The molecule has 0 unspecified atom stereocenters. The van der Waals surface area contributed by atoms with E-state index >= 15 is 0 Å². The number of carboxylic acids is 1. The SMILES string of the molecule is O=C(COc1ccc(O)cc1)N/N=C/c1sc(=O)n(Cc2cccc(C(=O)O)c2)c1Cl. The monoisotopic (exact) mass is 461 g/mol. The molecule has 2 aromatic carbocycles. The number of phenols is 1. The lowest BCUT2D eigenvalue weighted by molar-refractivity contribution is -0.123. The van der Waals surface area contributed by atoms with Crippen molar-refractivity contribution in [1.29, 1.82) is 0 Å². The lowest BCUT2D eigenvalue weighted by Crippen LogP contribution is -2.24. The Kier molecular flexibility index (Phi) is 7.06. The van der Waals surface area contributed by atoms with E-state index in [2.05, 4.69) is 10.5 Å². The summed E-state index contributed by atoms with van der Waals surface area (Å²) in [7, 11) is 0. The third-order valence-corrected chi connectivity index (χ3v) is 5.38. The van der Waals surface area contributed by atoms with Gasteiger partial charge in [-0.3, -0.25) is 14.2 Å². The Balaban J connectivity index is 1.61. The molecule has 0 aliphatic carbocycles. The summed E-state index contributed by atoms with van der Waals surface area (Å²) >= 11 is 7.10. The molecule has 1 aromatic heterocycles. The van der Waals surface area contributed by atoms with Crippen LogP contribution in [0.25, 0.3) is 0 Å². The highest BCUT2D eigenvalue weighted by Crippen LogP contribution is 2.19.